The number of halogens is 3. The zero-order valence-corrected chi connectivity index (χ0v) is 13.3. The lowest BCUT2D eigenvalue weighted by Crippen LogP contribution is -2.14. The summed E-state index contributed by atoms with van der Waals surface area (Å²) < 4.78 is 15.2. The van der Waals surface area contributed by atoms with Gasteiger partial charge in [0.1, 0.15) is 5.82 Å². The summed E-state index contributed by atoms with van der Waals surface area (Å²) in [6.07, 6.45) is 0. The van der Waals surface area contributed by atoms with E-state index in [1.165, 1.54) is 6.07 Å². The first-order valence-corrected chi connectivity index (χ1v) is 7.63. The normalized spacial score (nSPS) is 12.6. The molecule has 2 N–H and O–H groups in total. The Morgan fingerprint density at radius 2 is 1.62 bits per heavy atom. The van der Waals surface area contributed by atoms with Gasteiger partial charge in [-0.25, -0.2) is 4.39 Å². The molecule has 0 aliphatic heterocycles. The Balaban J connectivity index is 2.21. The third-order valence-electron chi connectivity index (χ3n) is 3.56. The van der Waals surface area contributed by atoms with E-state index in [2.05, 4.69) is 15.9 Å². The van der Waals surface area contributed by atoms with Gasteiger partial charge in [0.05, 0.1) is 11.1 Å². The van der Waals surface area contributed by atoms with Crippen molar-refractivity contribution in [3.8, 4) is 0 Å². The minimum atomic E-state index is -0.568. The van der Waals surface area contributed by atoms with Crippen LogP contribution in [0.1, 0.15) is 17.2 Å². The topological polar surface area (TPSA) is 26.0 Å². The molecule has 0 fully saturated rings. The van der Waals surface area contributed by atoms with Gasteiger partial charge in [-0.3, -0.25) is 0 Å². The van der Waals surface area contributed by atoms with E-state index >= 15 is 0 Å². The monoisotopic (exact) mass is 363 g/mol. The van der Waals surface area contributed by atoms with Crippen LogP contribution in [-0.2, 0) is 0 Å². The Hall–Kier alpha value is -1.42. The van der Waals surface area contributed by atoms with Crippen LogP contribution >= 0.6 is 27.5 Å². The summed E-state index contributed by atoms with van der Waals surface area (Å²) in [5.74, 6) is -0.460. The average molecular weight is 365 g/mol. The van der Waals surface area contributed by atoms with E-state index in [4.69, 9.17) is 17.3 Å². The molecular formula is C17H12BrClFN. The molecule has 0 aliphatic rings. The number of rotatable bonds is 2. The van der Waals surface area contributed by atoms with E-state index in [1.807, 2.05) is 36.4 Å². The SMILES string of the molecule is NC(c1cccc(Cl)c1F)c1ccc(Br)c2ccccc12. The predicted octanol–water partition coefficient (Wildman–Crippen LogP) is 5.44. The molecule has 0 heterocycles. The Morgan fingerprint density at radius 3 is 2.38 bits per heavy atom. The number of nitrogens with two attached hydrogens (primary N) is 1. The maximum absolute atomic E-state index is 14.2. The molecule has 1 unspecified atom stereocenters. The van der Waals surface area contributed by atoms with E-state index < -0.39 is 11.9 Å². The molecule has 21 heavy (non-hydrogen) atoms. The van der Waals surface area contributed by atoms with Crippen LogP contribution in [0.4, 0.5) is 4.39 Å². The molecule has 106 valence electrons. The second kappa shape index (κ2) is 5.76. The largest absolute Gasteiger partial charge is 0.320 e. The average Bonchev–Trinajstić information content (AvgIpc) is 2.50. The molecule has 0 amide bonds. The zero-order chi connectivity index (χ0) is 15.0. The van der Waals surface area contributed by atoms with Gasteiger partial charge in [-0.1, -0.05) is 70.0 Å². The zero-order valence-electron chi connectivity index (χ0n) is 11.0. The lowest BCUT2D eigenvalue weighted by molar-refractivity contribution is 0.600. The fourth-order valence-electron chi connectivity index (χ4n) is 2.49. The molecule has 1 atom stereocenters. The quantitative estimate of drug-likeness (QED) is 0.643. The summed E-state index contributed by atoms with van der Waals surface area (Å²) in [4.78, 5) is 0. The third kappa shape index (κ3) is 2.57. The summed E-state index contributed by atoms with van der Waals surface area (Å²) in [7, 11) is 0. The van der Waals surface area contributed by atoms with Gasteiger partial charge in [0.15, 0.2) is 0 Å². The van der Waals surface area contributed by atoms with Gasteiger partial charge in [-0.2, -0.15) is 0 Å². The smallest absolute Gasteiger partial charge is 0.146 e. The van der Waals surface area contributed by atoms with Gasteiger partial charge in [0.2, 0.25) is 0 Å². The molecule has 0 saturated heterocycles. The molecular weight excluding hydrogens is 353 g/mol. The molecule has 0 bridgehead atoms. The fourth-order valence-corrected chi connectivity index (χ4v) is 3.14. The summed E-state index contributed by atoms with van der Waals surface area (Å²) in [5.41, 5.74) is 7.56. The lowest BCUT2D eigenvalue weighted by atomic mass is 9.94. The van der Waals surface area contributed by atoms with Crippen LogP contribution in [0.5, 0.6) is 0 Å². The first-order valence-electron chi connectivity index (χ1n) is 6.46. The molecule has 0 spiro atoms. The fraction of sp³-hybridized carbons (Fsp3) is 0.0588. The van der Waals surface area contributed by atoms with Crippen molar-refractivity contribution in [2.75, 3.05) is 0 Å². The van der Waals surface area contributed by atoms with Crippen molar-refractivity contribution in [3.05, 3.63) is 81.0 Å². The van der Waals surface area contributed by atoms with Gasteiger partial charge in [0, 0.05) is 10.0 Å². The van der Waals surface area contributed by atoms with Crippen molar-refractivity contribution in [1.82, 2.24) is 0 Å². The highest BCUT2D eigenvalue weighted by Crippen LogP contribution is 2.33. The number of hydrogen-bond acceptors (Lipinski definition) is 1. The Morgan fingerprint density at radius 1 is 0.905 bits per heavy atom. The van der Waals surface area contributed by atoms with Gasteiger partial charge in [-0.05, 0) is 28.5 Å². The minimum absolute atomic E-state index is 0.0874. The van der Waals surface area contributed by atoms with Crippen LogP contribution in [-0.4, -0.2) is 0 Å². The van der Waals surface area contributed by atoms with Crippen LogP contribution in [0.3, 0.4) is 0 Å². The molecule has 0 aliphatic carbocycles. The predicted molar refractivity (Wildman–Crippen MR) is 89.1 cm³/mol. The van der Waals surface area contributed by atoms with Crippen LogP contribution in [0, 0.1) is 5.82 Å². The summed E-state index contributed by atoms with van der Waals surface area (Å²) >= 11 is 9.38. The maximum Gasteiger partial charge on any atom is 0.146 e. The minimum Gasteiger partial charge on any atom is -0.320 e. The molecule has 3 aromatic carbocycles. The van der Waals surface area contributed by atoms with Gasteiger partial charge < -0.3 is 5.73 Å². The molecule has 0 aromatic heterocycles. The van der Waals surface area contributed by atoms with E-state index in [0.717, 1.165) is 20.8 Å². The van der Waals surface area contributed by atoms with Gasteiger partial charge in [-0.15, -0.1) is 0 Å². The molecule has 0 saturated carbocycles. The van der Waals surface area contributed by atoms with Crippen molar-refractivity contribution < 1.29 is 4.39 Å². The van der Waals surface area contributed by atoms with E-state index in [-0.39, 0.29) is 5.02 Å². The summed E-state index contributed by atoms with van der Waals surface area (Å²) in [6.45, 7) is 0. The highest BCUT2D eigenvalue weighted by atomic mass is 79.9. The van der Waals surface area contributed by atoms with Crippen molar-refractivity contribution in [1.29, 1.82) is 0 Å². The van der Waals surface area contributed by atoms with Crippen LogP contribution in [0.15, 0.2) is 59.1 Å². The number of fused-ring (bicyclic) bond motifs is 1. The second-order valence-electron chi connectivity index (χ2n) is 4.80. The van der Waals surface area contributed by atoms with Crippen molar-refractivity contribution in [3.63, 3.8) is 0 Å². The molecule has 4 heteroatoms. The first kappa shape index (κ1) is 14.5. The van der Waals surface area contributed by atoms with Crippen molar-refractivity contribution >= 4 is 38.3 Å². The van der Waals surface area contributed by atoms with Crippen LogP contribution < -0.4 is 5.73 Å². The molecule has 3 aromatic rings. The molecule has 0 radical (unpaired) electrons. The first-order chi connectivity index (χ1) is 10.1. The standard InChI is InChI=1S/C17H12BrClFN/c18-14-9-8-12(10-4-1-2-5-11(10)14)17(21)13-6-3-7-15(19)16(13)20/h1-9,17H,21H2. The lowest BCUT2D eigenvalue weighted by Gasteiger charge is -2.17. The van der Waals surface area contributed by atoms with Gasteiger partial charge >= 0.3 is 0 Å². The summed E-state index contributed by atoms with van der Waals surface area (Å²) in [5, 5.41) is 2.14. The van der Waals surface area contributed by atoms with Crippen LogP contribution in [0.2, 0.25) is 5.02 Å². The molecule has 1 nitrogen and oxygen atoms in total. The highest BCUT2D eigenvalue weighted by Gasteiger charge is 2.18. The number of benzene rings is 3. The number of hydrogen-bond donors (Lipinski definition) is 1. The van der Waals surface area contributed by atoms with E-state index in [9.17, 15) is 4.39 Å². The Bertz CT molecular complexity index is 819. The Labute approximate surface area is 135 Å². The maximum atomic E-state index is 14.2. The second-order valence-corrected chi connectivity index (χ2v) is 6.06. The highest BCUT2D eigenvalue weighted by molar-refractivity contribution is 9.10. The van der Waals surface area contributed by atoms with Crippen LogP contribution in [0.25, 0.3) is 10.8 Å². The Kier molecular flexibility index (Phi) is 3.98. The summed E-state index contributed by atoms with van der Waals surface area (Å²) in [6, 6.07) is 16.1. The van der Waals surface area contributed by atoms with Gasteiger partial charge in [0.25, 0.3) is 0 Å². The molecule has 3 rings (SSSR count). The van der Waals surface area contributed by atoms with E-state index in [0.29, 0.717) is 5.56 Å². The van der Waals surface area contributed by atoms with Crippen molar-refractivity contribution in [2.24, 2.45) is 5.73 Å². The van der Waals surface area contributed by atoms with E-state index in [1.54, 1.807) is 12.1 Å². The van der Waals surface area contributed by atoms with Crippen molar-refractivity contribution in [2.45, 2.75) is 6.04 Å². The third-order valence-corrected chi connectivity index (χ3v) is 4.54.